The molecule has 0 radical (unpaired) electrons. The lowest BCUT2D eigenvalue weighted by Crippen LogP contribution is -2.20. The summed E-state index contributed by atoms with van der Waals surface area (Å²) >= 11 is 0. The molecule has 0 saturated carbocycles. The monoisotopic (exact) mass is 348 g/mol. The first-order valence-electron chi connectivity index (χ1n) is 9.98. The molecule has 0 aliphatic carbocycles. The average molecular weight is 349 g/mol. The van der Waals surface area contributed by atoms with Crippen molar-refractivity contribution in [2.45, 2.75) is 122 Å². The topological polar surface area (TPSA) is 54.4 Å². The van der Waals surface area contributed by atoms with Crippen LogP contribution in [-0.2, 0) is 10.1 Å². The quantitative estimate of drug-likeness (QED) is 0.240. The van der Waals surface area contributed by atoms with Gasteiger partial charge in [-0.1, -0.05) is 104 Å². The maximum atomic E-state index is 11.4. The van der Waals surface area contributed by atoms with E-state index in [4.69, 9.17) is 0 Å². The molecule has 4 heteroatoms. The first-order valence-corrected chi connectivity index (χ1v) is 11.5. The molecule has 0 bridgehead atoms. The van der Waals surface area contributed by atoms with Gasteiger partial charge >= 0.3 is 0 Å². The lowest BCUT2D eigenvalue weighted by molar-refractivity contribution is 0.444. The van der Waals surface area contributed by atoms with E-state index in [2.05, 4.69) is 13.8 Å². The third-order valence-corrected chi connectivity index (χ3v) is 5.99. The fourth-order valence-corrected chi connectivity index (χ4v) is 4.03. The van der Waals surface area contributed by atoms with E-state index in [9.17, 15) is 13.0 Å². The van der Waals surface area contributed by atoms with Crippen LogP contribution < -0.4 is 0 Å². The molecule has 0 aromatic rings. The van der Waals surface area contributed by atoms with Crippen molar-refractivity contribution in [2.75, 3.05) is 0 Å². The lowest BCUT2D eigenvalue weighted by Gasteiger charge is -2.13. The van der Waals surface area contributed by atoms with Crippen LogP contribution in [0.1, 0.15) is 117 Å². The molecule has 0 aliphatic rings. The van der Waals surface area contributed by atoms with Gasteiger partial charge in [0.05, 0.1) is 5.25 Å². The minimum absolute atomic E-state index is 0.535. The molecule has 0 amide bonds. The highest BCUT2D eigenvalue weighted by molar-refractivity contribution is 7.86. The van der Waals surface area contributed by atoms with Crippen LogP contribution in [0.4, 0.5) is 0 Å². The summed E-state index contributed by atoms with van der Waals surface area (Å²) in [4.78, 5) is 0. The van der Waals surface area contributed by atoms with E-state index in [0.29, 0.717) is 12.8 Å². The Morgan fingerprint density at radius 3 is 1.30 bits per heavy atom. The van der Waals surface area contributed by atoms with Crippen molar-refractivity contribution in [1.82, 2.24) is 0 Å². The Hall–Kier alpha value is -0.0900. The molecule has 0 fully saturated rings. The van der Waals surface area contributed by atoms with Crippen molar-refractivity contribution >= 4 is 10.1 Å². The second-order valence-electron chi connectivity index (χ2n) is 6.96. The highest BCUT2D eigenvalue weighted by atomic mass is 32.2. The zero-order valence-electron chi connectivity index (χ0n) is 15.6. The van der Waals surface area contributed by atoms with Gasteiger partial charge < -0.3 is 0 Å². The molecule has 0 heterocycles. The van der Waals surface area contributed by atoms with Crippen LogP contribution in [0, 0.1) is 0 Å². The molecule has 1 N–H and O–H groups in total. The van der Waals surface area contributed by atoms with Crippen molar-refractivity contribution in [3.8, 4) is 0 Å². The summed E-state index contributed by atoms with van der Waals surface area (Å²) in [5, 5.41) is -0.535. The molecule has 0 saturated heterocycles. The zero-order chi connectivity index (χ0) is 17.4. The number of hydrogen-bond donors (Lipinski definition) is 1. The second kappa shape index (κ2) is 15.4. The van der Waals surface area contributed by atoms with Crippen LogP contribution in [0.3, 0.4) is 0 Å². The Balaban J connectivity index is 3.55. The highest BCUT2D eigenvalue weighted by Gasteiger charge is 2.21. The zero-order valence-corrected chi connectivity index (χ0v) is 16.4. The second-order valence-corrected chi connectivity index (χ2v) is 8.65. The van der Waals surface area contributed by atoms with Crippen molar-refractivity contribution < 1.29 is 13.0 Å². The van der Waals surface area contributed by atoms with Gasteiger partial charge in [-0.3, -0.25) is 4.55 Å². The van der Waals surface area contributed by atoms with E-state index in [-0.39, 0.29) is 0 Å². The molecular formula is C19H40O3S. The van der Waals surface area contributed by atoms with E-state index < -0.39 is 15.4 Å². The third kappa shape index (κ3) is 15.2. The van der Waals surface area contributed by atoms with Crippen LogP contribution in [0.5, 0.6) is 0 Å². The highest BCUT2D eigenvalue weighted by Crippen LogP contribution is 2.18. The first kappa shape index (κ1) is 22.9. The molecule has 0 aromatic heterocycles. The maximum Gasteiger partial charge on any atom is 0.267 e. The molecule has 0 aliphatic heterocycles. The van der Waals surface area contributed by atoms with E-state index in [1.54, 1.807) is 0 Å². The summed E-state index contributed by atoms with van der Waals surface area (Å²) in [6, 6.07) is 0. The first-order chi connectivity index (χ1) is 11.0. The van der Waals surface area contributed by atoms with Gasteiger partial charge in [0, 0.05) is 0 Å². The van der Waals surface area contributed by atoms with Crippen molar-refractivity contribution in [3.05, 3.63) is 0 Å². The molecule has 0 aromatic carbocycles. The van der Waals surface area contributed by atoms with Gasteiger partial charge in [-0.05, 0) is 12.8 Å². The van der Waals surface area contributed by atoms with Gasteiger partial charge in [-0.2, -0.15) is 8.42 Å². The van der Waals surface area contributed by atoms with Gasteiger partial charge in [0.2, 0.25) is 0 Å². The predicted octanol–water partition coefficient (Wildman–Crippen LogP) is 6.52. The Morgan fingerprint density at radius 2 is 0.913 bits per heavy atom. The van der Waals surface area contributed by atoms with Crippen molar-refractivity contribution in [1.29, 1.82) is 0 Å². The van der Waals surface area contributed by atoms with Crippen molar-refractivity contribution in [3.63, 3.8) is 0 Å². The normalized spacial score (nSPS) is 13.3. The third-order valence-electron chi connectivity index (χ3n) is 4.68. The molecule has 1 atom stereocenters. The van der Waals surface area contributed by atoms with Crippen LogP contribution in [-0.4, -0.2) is 18.2 Å². The van der Waals surface area contributed by atoms with Crippen LogP contribution in [0.25, 0.3) is 0 Å². The molecular weight excluding hydrogens is 308 g/mol. The van der Waals surface area contributed by atoms with Gasteiger partial charge in [0.1, 0.15) is 0 Å². The van der Waals surface area contributed by atoms with Crippen LogP contribution in [0.2, 0.25) is 0 Å². The molecule has 140 valence electrons. The minimum atomic E-state index is -3.86. The predicted molar refractivity (Wildman–Crippen MR) is 101 cm³/mol. The van der Waals surface area contributed by atoms with Crippen LogP contribution in [0.15, 0.2) is 0 Å². The number of hydrogen-bond acceptors (Lipinski definition) is 2. The van der Waals surface area contributed by atoms with E-state index in [1.165, 1.54) is 57.8 Å². The number of unbranched alkanes of at least 4 members (excludes halogenated alkanes) is 12. The summed E-state index contributed by atoms with van der Waals surface area (Å²) in [6.07, 6.45) is 18.2. The molecule has 0 spiro atoms. The fourth-order valence-electron chi connectivity index (χ4n) is 3.10. The number of rotatable bonds is 17. The van der Waals surface area contributed by atoms with Crippen molar-refractivity contribution in [2.24, 2.45) is 0 Å². The molecule has 23 heavy (non-hydrogen) atoms. The summed E-state index contributed by atoms with van der Waals surface area (Å²) < 4.78 is 32.1. The SMILES string of the molecule is CCCCCCCCCCCCCC(CCCCC)S(=O)(=O)O. The average Bonchev–Trinajstić information content (AvgIpc) is 2.49. The van der Waals surface area contributed by atoms with Gasteiger partial charge in [-0.25, -0.2) is 0 Å². The smallest absolute Gasteiger partial charge is 0.267 e. The van der Waals surface area contributed by atoms with Gasteiger partial charge in [0.25, 0.3) is 10.1 Å². The Bertz CT molecular complexity index is 339. The summed E-state index contributed by atoms with van der Waals surface area (Å²) in [5.41, 5.74) is 0. The summed E-state index contributed by atoms with van der Waals surface area (Å²) in [5.74, 6) is 0. The Morgan fingerprint density at radius 1 is 0.609 bits per heavy atom. The van der Waals surface area contributed by atoms with E-state index in [0.717, 1.165) is 32.1 Å². The Kier molecular flexibility index (Phi) is 15.4. The summed E-state index contributed by atoms with van der Waals surface area (Å²) in [6.45, 7) is 4.35. The van der Waals surface area contributed by atoms with Crippen LogP contribution >= 0.6 is 0 Å². The molecule has 0 rings (SSSR count). The van der Waals surface area contributed by atoms with Gasteiger partial charge in [0.15, 0.2) is 0 Å². The molecule has 1 unspecified atom stereocenters. The maximum absolute atomic E-state index is 11.4. The van der Waals surface area contributed by atoms with E-state index >= 15 is 0 Å². The fraction of sp³-hybridized carbons (Fsp3) is 1.00. The standard InChI is InChI=1S/C19H40O3S/c1-3-5-7-8-9-10-11-12-13-14-16-18-19(23(20,21)22)17-15-6-4-2/h19H,3-18H2,1-2H3,(H,20,21,22). The minimum Gasteiger partial charge on any atom is -0.285 e. The Labute approximate surface area is 145 Å². The lowest BCUT2D eigenvalue weighted by atomic mass is 10.0. The largest absolute Gasteiger partial charge is 0.285 e. The van der Waals surface area contributed by atoms with Gasteiger partial charge in [-0.15, -0.1) is 0 Å². The van der Waals surface area contributed by atoms with E-state index in [1.807, 2.05) is 0 Å². The summed E-state index contributed by atoms with van der Waals surface area (Å²) in [7, 11) is -3.86. The molecule has 3 nitrogen and oxygen atoms in total.